The average Bonchev–Trinajstić information content (AvgIpc) is 2.57. The molecule has 2 heterocycles. The molecule has 96 valence electrons. The Balaban J connectivity index is 0.00000144. The lowest BCUT2D eigenvalue weighted by atomic mass is 10.2. The van der Waals surface area contributed by atoms with Gasteiger partial charge < -0.3 is 14.8 Å². The molecule has 1 aliphatic heterocycles. The van der Waals surface area contributed by atoms with Crippen LogP contribution in [-0.4, -0.2) is 41.1 Å². The second kappa shape index (κ2) is 5.76. The quantitative estimate of drug-likeness (QED) is 0.846. The fourth-order valence-electron chi connectivity index (χ4n) is 2.02. The molecule has 1 amide bonds. The lowest BCUT2D eigenvalue weighted by molar-refractivity contribution is 0.0699. The molecule has 0 aromatic carbocycles. The molecule has 6 heteroatoms. The molecule has 0 aliphatic carbocycles. The van der Waals surface area contributed by atoms with E-state index in [0.29, 0.717) is 16.8 Å². The van der Waals surface area contributed by atoms with Gasteiger partial charge in [0.15, 0.2) is 0 Å². The van der Waals surface area contributed by atoms with Crippen LogP contribution in [-0.2, 0) is 7.05 Å². The molecule has 1 aromatic heterocycles. The van der Waals surface area contributed by atoms with Gasteiger partial charge in [0.25, 0.3) is 5.91 Å². The number of rotatable bonds is 1. The Morgan fingerprint density at radius 2 is 2.29 bits per heavy atom. The van der Waals surface area contributed by atoms with Crippen molar-refractivity contribution in [3.05, 3.63) is 23.0 Å². The minimum absolute atomic E-state index is 0. The smallest absolute Gasteiger partial charge is 0.270 e. The van der Waals surface area contributed by atoms with E-state index in [9.17, 15) is 4.79 Å². The maximum absolute atomic E-state index is 12.2. The van der Waals surface area contributed by atoms with Gasteiger partial charge in [-0.1, -0.05) is 11.6 Å². The Labute approximate surface area is 112 Å². The van der Waals surface area contributed by atoms with Crippen LogP contribution in [0.4, 0.5) is 0 Å². The molecule has 0 unspecified atom stereocenters. The molecule has 1 N–H and O–H groups in total. The Morgan fingerprint density at radius 3 is 2.82 bits per heavy atom. The van der Waals surface area contributed by atoms with Gasteiger partial charge in [-0.05, 0) is 13.0 Å². The number of amides is 1. The molecular weight excluding hydrogens is 261 g/mol. The van der Waals surface area contributed by atoms with Gasteiger partial charge >= 0.3 is 0 Å². The van der Waals surface area contributed by atoms with Crippen LogP contribution >= 0.6 is 24.0 Å². The molecule has 2 rings (SSSR count). The van der Waals surface area contributed by atoms with Crippen LogP contribution in [0.5, 0.6) is 0 Å². The molecule has 4 nitrogen and oxygen atoms in total. The van der Waals surface area contributed by atoms with Gasteiger partial charge in [0.2, 0.25) is 0 Å². The van der Waals surface area contributed by atoms with E-state index in [1.54, 1.807) is 16.8 Å². The number of hydrogen-bond donors (Lipinski definition) is 1. The summed E-state index contributed by atoms with van der Waals surface area (Å²) in [4.78, 5) is 14.1. The van der Waals surface area contributed by atoms with Gasteiger partial charge in [0.1, 0.15) is 5.69 Å². The molecule has 1 atom stereocenters. The summed E-state index contributed by atoms with van der Waals surface area (Å²) in [6, 6.07) is 2.07. The van der Waals surface area contributed by atoms with E-state index in [-0.39, 0.29) is 18.3 Å². The first-order valence-corrected chi connectivity index (χ1v) is 5.80. The van der Waals surface area contributed by atoms with Crippen LogP contribution in [0.2, 0.25) is 5.02 Å². The predicted octanol–water partition coefficient (Wildman–Crippen LogP) is 1.53. The minimum Gasteiger partial charge on any atom is -0.345 e. The van der Waals surface area contributed by atoms with Gasteiger partial charge in [0, 0.05) is 38.9 Å². The van der Waals surface area contributed by atoms with E-state index < -0.39 is 0 Å². The Morgan fingerprint density at radius 1 is 1.59 bits per heavy atom. The number of nitrogens with one attached hydrogen (secondary N) is 1. The standard InChI is InChI=1S/C11H16ClN3O.ClH/c1-8-6-15(4-3-13-8)11(16)10-5-9(12)7-14(10)2;/h5,7-8,13H,3-4,6H2,1-2H3;1H/t8-;/m0./s1. The number of aryl methyl sites for hydroxylation is 1. The summed E-state index contributed by atoms with van der Waals surface area (Å²) >= 11 is 5.87. The lowest BCUT2D eigenvalue weighted by Gasteiger charge is -2.31. The fourth-order valence-corrected chi connectivity index (χ4v) is 2.27. The van der Waals surface area contributed by atoms with E-state index in [0.717, 1.165) is 19.6 Å². The Bertz CT molecular complexity index is 405. The van der Waals surface area contributed by atoms with Crippen molar-refractivity contribution in [2.45, 2.75) is 13.0 Å². The highest BCUT2D eigenvalue weighted by Crippen LogP contribution is 2.15. The van der Waals surface area contributed by atoms with E-state index in [1.807, 2.05) is 11.9 Å². The number of piperazine rings is 1. The van der Waals surface area contributed by atoms with Crippen LogP contribution in [0.3, 0.4) is 0 Å². The summed E-state index contributed by atoms with van der Waals surface area (Å²) in [7, 11) is 1.84. The van der Waals surface area contributed by atoms with Gasteiger partial charge in [-0.25, -0.2) is 0 Å². The van der Waals surface area contributed by atoms with Gasteiger partial charge in [-0.3, -0.25) is 4.79 Å². The molecule has 1 fully saturated rings. The summed E-state index contributed by atoms with van der Waals surface area (Å²) in [6.07, 6.45) is 1.75. The van der Waals surface area contributed by atoms with E-state index in [1.165, 1.54) is 0 Å². The number of carbonyl (C=O) groups is 1. The normalized spacial score (nSPS) is 19.9. The molecule has 1 aliphatic rings. The fraction of sp³-hybridized carbons (Fsp3) is 0.545. The van der Waals surface area contributed by atoms with Crippen molar-refractivity contribution in [2.24, 2.45) is 7.05 Å². The molecule has 0 bridgehead atoms. The summed E-state index contributed by atoms with van der Waals surface area (Å²) in [5, 5.41) is 3.92. The van der Waals surface area contributed by atoms with Crippen molar-refractivity contribution in [1.82, 2.24) is 14.8 Å². The highest BCUT2D eigenvalue weighted by molar-refractivity contribution is 6.31. The average molecular weight is 278 g/mol. The van der Waals surface area contributed by atoms with Crippen LogP contribution in [0, 0.1) is 0 Å². The van der Waals surface area contributed by atoms with Gasteiger partial charge in [-0.2, -0.15) is 0 Å². The second-order valence-corrected chi connectivity index (χ2v) is 4.70. The monoisotopic (exact) mass is 277 g/mol. The largest absolute Gasteiger partial charge is 0.345 e. The number of hydrogen-bond acceptors (Lipinski definition) is 2. The summed E-state index contributed by atoms with van der Waals surface area (Å²) < 4.78 is 1.78. The number of aromatic nitrogens is 1. The third-order valence-electron chi connectivity index (χ3n) is 2.85. The second-order valence-electron chi connectivity index (χ2n) is 4.26. The molecule has 0 saturated carbocycles. The van der Waals surface area contributed by atoms with Gasteiger partial charge in [0.05, 0.1) is 5.02 Å². The first kappa shape index (κ1) is 14.4. The molecule has 0 spiro atoms. The lowest BCUT2D eigenvalue weighted by Crippen LogP contribution is -2.51. The van der Waals surface area contributed by atoms with E-state index in [4.69, 9.17) is 11.6 Å². The third kappa shape index (κ3) is 3.15. The van der Waals surface area contributed by atoms with Crippen LogP contribution in [0.25, 0.3) is 0 Å². The topological polar surface area (TPSA) is 37.3 Å². The third-order valence-corrected chi connectivity index (χ3v) is 3.05. The molecular formula is C11H17Cl2N3O. The van der Waals surface area contributed by atoms with Crippen molar-refractivity contribution in [2.75, 3.05) is 19.6 Å². The maximum Gasteiger partial charge on any atom is 0.270 e. The predicted molar refractivity (Wildman–Crippen MR) is 71.0 cm³/mol. The molecule has 1 aromatic rings. The van der Waals surface area contributed by atoms with E-state index >= 15 is 0 Å². The SMILES string of the molecule is C[C@H]1CN(C(=O)c2cc(Cl)cn2C)CCN1.Cl. The zero-order valence-electron chi connectivity index (χ0n) is 9.94. The van der Waals surface area contributed by atoms with Crippen molar-refractivity contribution in [3.63, 3.8) is 0 Å². The Hall–Kier alpha value is -0.710. The first-order chi connectivity index (χ1) is 7.58. The highest BCUT2D eigenvalue weighted by Gasteiger charge is 2.23. The molecule has 1 saturated heterocycles. The highest BCUT2D eigenvalue weighted by atomic mass is 35.5. The summed E-state index contributed by atoms with van der Waals surface area (Å²) in [5.74, 6) is 0.0581. The zero-order chi connectivity index (χ0) is 11.7. The van der Waals surface area contributed by atoms with E-state index in [2.05, 4.69) is 12.2 Å². The Kier molecular flexibility index (Phi) is 4.86. The number of halogens is 2. The van der Waals surface area contributed by atoms with Crippen LogP contribution < -0.4 is 5.32 Å². The summed E-state index contributed by atoms with van der Waals surface area (Å²) in [5.41, 5.74) is 0.652. The maximum atomic E-state index is 12.2. The first-order valence-electron chi connectivity index (χ1n) is 5.42. The number of nitrogens with zero attached hydrogens (tertiary/aromatic N) is 2. The molecule has 0 radical (unpaired) electrons. The molecule has 17 heavy (non-hydrogen) atoms. The van der Waals surface area contributed by atoms with Crippen LogP contribution in [0.15, 0.2) is 12.3 Å². The van der Waals surface area contributed by atoms with Crippen LogP contribution in [0.1, 0.15) is 17.4 Å². The minimum atomic E-state index is 0. The zero-order valence-corrected chi connectivity index (χ0v) is 11.5. The van der Waals surface area contributed by atoms with Gasteiger partial charge in [-0.15, -0.1) is 12.4 Å². The van der Waals surface area contributed by atoms with Crippen molar-refractivity contribution >= 4 is 29.9 Å². The van der Waals surface area contributed by atoms with Crippen molar-refractivity contribution in [3.8, 4) is 0 Å². The summed E-state index contributed by atoms with van der Waals surface area (Å²) in [6.45, 7) is 4.44. The number of carbonyl (C=O) groups excluding carboxylic acids is 1. The van der Waals surface area contributed by atoms with Crippen molar-refractivity contribution in [1.29, 1.82) is 0 Å². The van der Waals surface area contributed by atoms with Crippen molar-refractivity contribution < 1.29 is 4.79 Å².